The number of aromatic nitrogens is 1. The Morgan fingerprint density at radius 3 is 2.42 bits per heavy atom. The number of piperidine rings is 1. The molecule has 1 aliphatic heterocycles. The molecule has 0 saturated carbocycles. The maximum atomic E-state index is 12.9. The lowest BCUT2D eigenvalue weighted by molar-refractivity contribution is -0.116. The van der Waals surface area contributed by atoms with Crippen LogP contribution in [0.4, 0.5) is 4.39 Å². The summed E-state index contributed by atoms with van der Waals surface area (Å²) in [5.41, 5.74) is 2.50. The number of carbonyl (C=O) groups is 1. The predicted molar refractivity (Wildman–Crippen MR) is 100 cm³/mol. The number of carbonyl (C=O) groups excluding carboxylic acids is 1. The highest BCUT2D eigenvalue weighted by Crippen LogP contribution is 2.38. The summed E-state index contributed by atoms with van der Waals surface area (Å²) in [5, 5.41) is 0. The number of rotatable bonds is 2. The van der Waals surface area contributed by atoms with Crippen LogP contribution in [0.2, 0.25) is 0 Å². The Hall–Kier alpha value is -2.51. The van der Waals surface area contributed by atoms with Gasteiger partial charge in [-0.3, -0.25) is 9.88 Å². The van der Waals surface area contributed by atoms with Crippen LogP contribution in [-0.4, -0.2) is 34.8 Å². The molecule has 26 heavy (non-hydrogen) atoms. The van der Waals surface area contributed by atoms with Gasteiger partial charge in [0.15, 0.2) is 0 Å². The third-order valence-corrected chi connectivity index (χ3v) is 5.38. The second kappa shape index (κ2) is 7.39. The fourth-order valence-electron chi connectivity index (χ4n) is 3.41. The van der Waals surface area contributed by atoms with E-state index in [-0.39, 0.29) is 23.3 Å². The number of hydrogen-bond donors (Lipinski definition) is 0. The molecule has 2 unspecified atom stereocenters. The lowest BCUT2D eigenvalue weighted by Gasteiger charge is -2.47. The van der Waals surface area contributed by atoms with E-state index in [1.54, 1.807) is 18.3 Å². The monoisotopic (exact) mass is 350 g/mol. The van der Waals surface area contributed by atoms with Gasteiger partial charge >= 0.3 is 0 Å². The Morgan fingerprint density at radius 2 is 1.81 bits per heavy atom. The smallest absolute Gasteiger partial charge is 0.137 e. The zero-order valence-corrected chi connectivity index (χ0v) is 15.4. The molecule has 1 aliphatic rings. The minimum absolute atomic E-state index is 0.0165. The zero-order chi connectivity index (χ0) is 18.7. The summed E-state index contributed by atoms with van der Waals surface area (Å²) in [5.74, 6) is 5.88. The fourth-order valence-corrected chi connectivity index (χ4v) is 3.41. The molecule has 3 nitrogen and oxygen atoms in total. The minimum Gasteiger partial charge on any atom is -0.302 e. The molecule has 1 saturated heterocycles. The van der Waals surface area contributed by atoms with Crippen LogP contribution < -0.4 is 0 Å². The average Bonchev–Trinajstić information content (AvgIpc) is 2.64. The van der Waals surface area contributed by atoms with Gasteiger partial charge in [-0.1, -0.05) is 11.8 Å². The second-order valence-electron chi connectivity index (χ2n) is 7.42. The van der Waals surface area contributed by atoms with Gasteiger partial charge in [0.2, 0.25) is 0 Å². The van der Waals surface area contributed by atoms with Crippen molar-refractivity contribution in [2.75, 3.05) is 7.05 Å². The van der Waals surface area contributed by atoms with E-state index in [4.69, 9.17) is 0 Å². The molecule has 1 aromatic heterocycles. The molecule has 2 aromatic rings. The summed E-state index contributed by atoms with van der Waals surface area (Å²) in [6.07, 6.45) is 4.74. The summed E-state index contributed by atoms with van der Waals surface area (Å²) in [7, 11) is 2.01. The molecule has 134 valence electrons. The zero-order valence-electron chi connectivity index (χ0n) is 15.4. The molecule has 1 fully saturated rings. The van der Waals surface area contributed by atoms with E-state index in [1.165, 1.54) is 12.1 Å². The highest BCUT2D eigenvalue weighted by atomic mass is 19.1. The van der Waals surface area contributed by atoms with Crippen molar-refractivity contribution < 1.29 is 9.18 Å². The quantitative estimate of drug-likeness (QED) is 0.610. The van der Waals surface area contributed by atoms with Crippen LogP contribution in [0.3, 0.4) is 0 Å². The van der Waals surface area contributed by atoms with Crippen LogP contribution >= 0.6 is 0 Å². The van der Waals surface area contributed by atoms with Crippen LogP contribution in [-0.2, 0) is 4.79 Å². The molecule has 4 heteroatoms. The van der Waals surface area contributed by atoms with Gasteiger partial charge < -0.3 is 4.79 Å². The molecule has 0 N–H and O–H groups in total. The Balaban J connectivity index is 1.77. The van der Waals surface area contributed by atoms with Crippen molar-refractivity contribution in [2.45, 2.75) is 44.2 Å². The first-order valence-electron chi connectivity index (χ1n) is 8.82. The highest BCUT2D eigenvalue weighted by molar-refractivity contribution is 5.60. The number of halogens is 1. The van der Waals surface area contributed by atoms with E-state index in [9.17, 15) is 9.18 Å². The van der Waals surface area contributed by atoms with Crippen LogP contribution in [0.25, 0.3) is 0 Å². The molecule has 0 radical (unpaired) electrons. The van der Waals surface area contributed by atoms with Gasteiger partial charge in [-0.25, -0.2) is 4.39 Å². The van der Waals surface area contributed by atoms with E-state index >= 15 is 0 Å². The van der Waals surface area contributed by atoms with Crippen molar-refractivity contribution >= 4 is 6.29 Å². The molecule has 2 heterocycles. The van der Waals surface area contributed by atoms with Crippen molar-refractivity contribution in [1.29, 1.82) is 0 Å². The Bertz CT molecular complexity index is 831. The van der Waals surface area contributed by atoms with Gasteiger partial charge in [0, 0.05) is 34.5 Å². The van der Waals surface area contributed by atoms with E-state index in [0.717, 1.165) is 35.9 Å². The third-order valence-electron chi connectivity index (χ3n) is 5.38. The van der Waals surface area contributed by atoms with Crippen molar-refractivity contribution in [3.8, 4) is 11.8 Å². The van der Waals surface area contributed by atoms with Gasteiger partial charge in [0.05, 0.1) is 6.04 Å². The third kappa shape index (κ3) is 3.84. The van der Waals surface area contributed by atoms with E-state index < -0.39 is 0 Å². The summed E-state index contributed by atoms with van der Waals surface area (Å²) < 4.78 is 12.9. The lowest BCUT2D eigenvalue weighted by Crippen LogP contribution is -2.54. The number of benzene rings is 1. The average molecular weight is 350 g/mol. The largest absolute Gasteiger partial charge is 0.302 e. The van der Waals surface area contributed by atoms with Crippen molar-refractivity contribution in [2.24, 2.45) is 0 Å². The number of likely N-dealkylation sites (tertiary alicyclic amines) is 1. The first kappa shape index (κ1) is 18.3. The van der Waals surface area contributed by atoms with Crippen LogP contribution in [0.5, 0.6) is 0 Å². The molecule has 3 rings (SSSR count). The van der Waals surface area contributed by atoms with E-state index in [0.29, 0.717) is 0 Å². The van der Waals surface area contributed by atoms with E-state index in [2.05, 4.69) is 35.6 Å². The number of likely N-dealkylation sites (N-methyl/N-ethyl adjacent to an activating group) is 1. The first-order valence-corrected chi connectivity index (χ1v) is 8.82. The summed E-state index contributed by atoms with van der Waals surface area (Å²) >= 11 is 0. The SMILES string of the molecule is CN1C(C=O)C(c2ccc(C#Cc3ccc(F)cc3)cn2)CCC1(C)C. The molecule has 2 atom stereocenters. The second-order valence-corrected chi connectivity index (χ2v) is 7.42. The van der Waals surface area contributed by atoms with Gasteiger partial charge in [0.1, 0.15) is 12.1 Å². The Kier molecular flexibility index (Phi) is 5.20. The number of pyridine rings is 1. The minimum atomic E-state index is -0.271. The van der Waals surface area contributed by atoms with Gasteiger partial charge in [0.25, 0.3) is 0 Å². The van der Waals surface area contributed by atoms with Crippen LogP contribution in [0.15, 0.2) is 42.6 Å². The predicted octanol–water partition coefficient (Wildman–Crippen LogP) is 3.78. The first-order chi connectivity index (χ1) is 12.4. The number of aldehydes is 1. The molecule has 0 bridgehead atoms. The molecular formula is C22H23FN2O. The van der Waals surface area contributed by atoms with E-state index in [1.807, 2.05) is 19.2 Å². The Labute approximate surface area is 154 Å². The standard InChI is InChI=1S/C22H23FN2O/c1-22(2)13-12-19(21(15-26)25(22)3)20-11-8-17(14-24-20)5-4-16-6-9-18(23)10-7-16/h6-11,14-15,19,21H,12-13H2,1-3H3. The van der Waals surface area contributed by atoms with Crippen molar-refractivity contribution in [1.82, 2.24) is 9.88 Å². The lowest BCUT2D eigenvalue weighted by atomic mass is 9.78. The van der Waals surface area contributed by atoms with Crippen molar-refractivity contribution in [3.05, 3.63) is 65.2 Å². The van der Waals surface area contributed by atoms with Gasteiger partial charge in [-0.05, 0) is 70.1 Å². The summed E-state index contributed by atoms with van der Waals surface area (Å²) in [4.78, 5) is 18.4. The van der Waals surface area contributed by atoms with Crippen molar-refractivity contribution in [3.63, 3.8) is 0 Å². The fraction of sp³-hybridized carbons (Fsp3) is 0.364. The van der Waals surface area contributed by atoms with Gasteiger partial charge in [-0.2, -0.15) is 0 Å². The molecule has 0 spiro atoms. The van der Waals surface area contributed by atoms with Crippen LogP contribution in [0.1, 0.15) is 49.4 Å². The Morgan fingerprint density at radius 1 is 1.15 bits per heavy atom. The molecule has 0 amide bonds. The maximum absolute atomic E-state index is 12.9. The number of hydrogen-bond acceptors (Lipinski definition) is 3. The van der Waals surface area contributed by atoms with Gasteiger partial charge in [-0.15, -0.1) is 0 Å². The normalized spacial score (nSPS) is 22.3. The topological polar surface area (TPSA) is 33.2 Å². The van der Waals surface area contributed by atoms with Crippen LogP contribution in [0, 0.1) is 17.7 Å². The summed E-state index contributed by atoms with van der Waals surface area (Å²) in [6.45, 7) is 4.34. The molecule has 1 aromatic carbocycles. The number of nitrogens with zero attached hydrogens (tertiary/aromatic N) is 2. The molecule has 0 aliphatic carbocycles. The highest BCUT2D eigenvalue weighted by Gasteiger charge is 2.40. The molecular weight excluding hydrogens is 327 g/mol. The maximum Gasteiger partial charge on any atom is 0.137 e. The summed E-state index contributed by atoms with van der Waals surface area (Å²) in [6, 6.07) is 9.82.